The molecule has 0 amide bonds. The first kappa shape index (κ1) is 16.7. The monoisotopic (exact) mass is 292 g/mol. The van der Waals surface area contributed by atoms with Gasteiger partial charge in [0.2, 0.25) is 0 Å². The topological polar surface area (TPSA) is 26.3 Å². The number of hydrogen-bond acceptors (Lipinski definition) is 2. The molecule has 0 aromatic heterocycles. The van der Waals surface area contributed by atoms with Crippen molar-refractivity contribution in [2.45, 2.75) is 66.7 Å². The highest BCUT2D eigenvalue weighted by molar-refractivity contribution is 5.84. The minimum Gasteiger partial charge on any atom is -0.381 e. The molecule has 0 aromatic carbocycles. The number of rotatable bonds is 5. The Balaban J connectivity index is 1.88. The van der Waals surface area contributed by atoms with E-state index in [9.17, 15) is 4.79 Å². The standard InChI is InChI=1S/C19H32O2/c1-14(10-12-21-13-18(2,3)4)15-8-9-16-17(20)7-6-11-19(15,16)5/h8,14,16H,6-7,9-13H2,1-5H3/t14-,16+,19-/m1/s1. The predicted octanol–water partition coefficient (Wildman–Crippen LogP) is 4.78. The van der Waals surface area contributed by atoms with E-state index < -0.39 is 0 Å². The molecule has 2 nitrogen and oxygen atoms in total. The third-order valence-electron chi connectivity index (χ3n) is 5.27. The minimum absolute atomic E-state index is 0.138. The van der Waals surface area contributed by atoms with Crippen molar-refractivity contribution in [3.05, 3.63) is 11.6 Å². The van der Waals surface area contributed by atoms with Gasteiger partial charge in [-0.1, -0.05) is 46.3 Å². The first-order valence-corrected chi connectivity index (χ1v) is 8.55. The van der Waals surface area contributed by atoms with Gasteiger partial charge in [0.25, 0.3) is 0 Å². The zero-order valence-corrected chi connectivity index (χ0v) is 14.5. The van der Waals surface area contributed by atoms with E-state index in [2.05, 4.69) is 40.7 Å². The molecular formula is C19H32O2. The van der Waals surface area contributed by atoms with E-state index in [-0.39, 0.29) is 16.7 Å². The highest BCUT2D eigenvalue weighted by Gasteiger charge is 2.47. The summed E-state index contributed by atoms with van der Waals surface area (Å²) in [5.41, 5.74) is 1.90. The fourth-order valence-electron chi connectivity index (χ4n) is 4.11. The quantitative estimate of drug-likeness (QED) is 0.538. The van der Waals surface area contributed by atoms with Crippen molar-refractivity contribution in [1.29, 1.82) is 0 Å². The summed E-state index contributed by atoms with van der Waals surface area (Å²) in [5.74, 6) is 1.29. The molecular weight excluding hydrogens is 260 g/mol. The Hall–Kier alpha value is -0.630. The van der Waals surface area contributed by atoms with Gasteiger partial charge in [0, 0.05) is 18.9 Å². The van der Waals surface area contributed by atoms with Gasteiger partial charge in [0.05, 0.1) is 6.61 Å². The second kappa shape index (κ2) is 6.24. The lowest BCUT2D eigenvalue weighted by Crippen LogP contribution is -2.36. The summed E-state index contributed by atoms with van der Waals surface area (Å²) < 4.78 is 5.82. The maximum Gasteiger partial charge on any atom is 0.137 e. The molecule has 1 fully saturated rings. The number of ketones is 1. The van der Waals surface area contributed by atoms with Gasteiger partial charge in [-0.05, 0) is 42.4 Å². The van der Waals surface area contributed by atoms with E-state index in [1.165, 1.54) is 12.0 Å². The van der Waals surface area contributed by atoms with Gasteiger partial charge in [0.1, 0.15) is 5.78 Å². The van der Waals surface area contributed by atoms with Crippen LogP contribution in [0.4, 0.5) is 0 Å². The molecule has 120 valence electrons. The second-order valence-electron chi connectivity index (χ2n) is 8.49. The molecule has 3 atom stereocenters. The lowest BCUT2D eigenvalue weighted by atomic mass is 9.63. The molecule has 2 aliphatic rings. The van der Waals surface area contributed by atoms with E-state index >= 15 is 0 Å². The van der Waals surface area contributed by atoms with Gasteiger partial charge in [-0.15, -0.1) is 0 Å². The molecule has 2 heteroatoms. The van der Waals surface area contributed by atoms with Crippen molar-refractivity contribution < 1.29 is 9.53 Å². The van der Waals surface area contributed by atoms with Crippen LogP contribution in [-0.4, -0.2) is 19.0 Å². The second-order valence-corrected chi connectivity index (χ2v) is 8.49. The third-order valence-corrected chi connectivity index (χ3v) is 5.27. The Morgan fingerprint density at radius 1 is 1.43 bits per heavy atom. The van der Waals surface area contributed by atoms with E-state index in [0.29, 0.717) is 11.7 Å². The molecule has 0 radical (unpaired) electrons. The van der Waals surface area contributed by atoms with Crippen molar-refractivity contribution in [3.8, 4) is 0 Å². The molecule has 0 saturated heterocycles. The van der Waals surface area contributed by atoms with Gasteiger partial charge >= 0.3 is 0 Å². The summed E-state index contributed by atoms with van der Waals surface area (Å²) in [5, 5.41) is 0. The molecule has 2 rings (SSSR count). The molecule has 0 N–H and O–H groups in total. The largest absolute Gasteiger partial charge is 0.381 e. The zero-order valence-electron chi connectivity index (χ0n) is 14.5. The highest BCUT2D eigenvalue weighted by Crippen LogP contribution is 2.53. The number of allylic oxidation sites excluding steroid dienone is 2. The molecule has 0 heterocycles. The Labute approximate surface area is 130 Å². The van der Waals surface area contributed by atoms with Crippen LogP contribution in [0.2, 0.25) is 0 Å². The predicted molar refractivity (Wildman–Crippen MR) is 87.2 cm³/mol. The molecule has 21 heavy (non-hydrogen) atoms. The first-order chi connectivity index (χ1) is 9.74. The van der Waals surface area contributed by atoms with Crippen LogP contribution in [0, 0.1) is 22.7 Å². The van der Waals surface area contributed by atoms with Gasteiger partial charge < -0.3 is 4.74 Å². The van der Waals surface area contributed by atoms with Crippen LogP contribution in [0.25, 0.3) is 0 Å². The zero-order chi connectivity index (χ0) is 15.7. The smallest absolute Gasteiger partial charge is 0.137 e. The molecule has 1 saturated carbocycles. The number of carbonyl (C=O) groups is 1. The van der Waals surface area contributed by atoms with E-state index in [4.69, 9.17) is 4.74 Å². The van der Waals surface area contributed by atoms with Crippen LogP contribution in [0.15, 0.2) is 11.6 Å². The maximum absolute atomic E-state index is 12.2. The van der Waals surface area contributed by atoms with E-state index in [1.54, 1.807) is 0 Å². The van der Waals surface area contributed by atoms with E-state index in [0.717, 1.165) is 38.9 Å². The SMILES string of the molecule is C[C@H](CCOCC(C)(C)C)C1=CC[C@H]2C(=O)CCC[C@]12C. The van der Waals surface area contributed by atoms with Crippen molar-refractivity contribution >= 4 is 5.78 Å². The van der Waals surface area contributed by atoms with Crippen LogP contribution in [0.1, 0.15) is 66.7 Å². The summed E-state index contributed by atoms with van der Waals surface area (Å²) >= 11 is 0. The van der Waals surface area contributed by atoms with Crippen LogP contribution in [0.3, 0.4) is 0 Å². The lowest BCUT2D eigenvalue weighted by Gasteiger charge is -2.40. The lowest BCUT2D eigenvalue weighted by molar-refractivity contribution is -0.128. The van der Waals surface area contributed by atoms with E-state index in [1.807, 2.05) is 0 Å². The average molecular weight is 292 g/mol. The Morgan fingerprint density at radius 3 is 2.81 bits per heavy atom. The summed E-state index contributed by atoms with van der Waals surface area (Å²) in [6, 6.07) is 0. The summed E-state index contributed by atoms with van der Waals surface area (Å²) in [4.78, 5) is 12.2. The third kappa shape index (κ3) is 3.77. The minimum atomic E-state index is 0.138. The number of fused-ring (bicyclic) bond motifs is 1. The molecule has 0 aliphatic heterocycles. The summed E-state index contributed by atoms with van der Waals surface area (Å²) in [6.07, 6.45) is 7.45. The molecule has 0 spiro atoms. The Morgan fingerprint density at radius 2 is 2.14 bits per heavy atom. The summed E-state index contributed by atoms with van der Waals surface area (Å²) in [6.45, 7) is 12.9. The van der Waals surface area contributed by atoms with Crippen LogP contribution >= 0.6 is 0 Å². The van der Waals surface area contributed by atoms with Crippen molar-refractivity contribution in [2.24, 2.45) is 22.7 Å². The van der Waals surface area contributed by atoms with Gasteiger partial charge in [-0.2, -0.15) is 0 Å². The first-order valence-electron chi connectivity index (χ1n) is 8.55. The van der Waals surface area contributed by atoms with Gasteiger partial charge in [-0.3, -0.25) is 4.79 Å². The van der Waals surface area contributed by atoms with Crippen LogP contribution in [-0.2, 0) is 9.53 Å². The number of carbonyl (C=O) groups excluding carboxylic acids is 1. The van der Waals surface area contributed by atoms with Crippen molar-refractivity contribution in [1.82, 2.24) is 0 Å². The normalized spacial score (nSPS) is 31.0. The fourth-order valence-corrected chi connectivity index (χ4v) is 4.11. The Kier molecular flexibility index (Phi) is 4.97. The molecule has 0 aromatic rings. The maximum atomic E-state index is 12.2. The Bertz CT molecular complexity index is 416. The number of ether oxygens (including phenoxy) is 1. The van der Waals surface area contributed by atoms with Crippen molar-refractivity contribution in [3.63, 3.8) is 0 Å². The number of hydrogen-bond donors (Lipinski definition) is 0. The molecule has 2 aliphatic carbocycles. The average Bonchev–Trinajstić information content (AvgIpc) is 2.72. The highest BCUT2D eigenvalue weighted by atomic mass is 16.5. The number of Topliss-reactive ketones (excluding diaryl/α,β-unsaturated/α-hetero) is 1. The molecule has 0 bridgehead atoms. The van der Waals surface area contributed by atoms with Gasteiger partial charge in [0.15, 0.2) is 0 Å². The van der Waals surface area contributed by atoms with Crippen molar-refractivity contribution in [2.75, 3.05) is 13.2 Å². The van der Waals surface area contributed by atoms with Crippen LogP contribution < -0.4 is 0 Å². The van der Waals surface area contributed by atoms with Gasteiger partial charge in [-0.25, -0.2) is 0 Å². The molecule has 0 unspecified atom stereocenters. The summed E-state index contributed by atoms with van der Waals surface area (Å²) in [7, 11) is 0. The fraction of sp³-hybridized carbons (Fsp3) is 0.842. The van der Waals surface area contributed by atoms with Crippen LogP contribution in [0.5, 0.6) is 0 Å².